The summed E-state index contributed by atoms with van der Waals surface area (Å²) in [5.74, 6) is 7.26. The third-order valence-corrected chi connectivity index (χ3v) is 3.04. The first-order valence-corrected chi connectivity index (χ1v) is 6.50. The molecule has 0 radical (unpaired) electrons. The van der Waals surface area contributed by atoms with Crippen molar-refractivity contribution in [2.75, 3.05) is 11.6 Å². The summed E-state index contributed by atoms with van der Waals surface area (Å²) in [6.07, 6.45) is 4.60. The second kappa shape index (κ2) is 4.60. The van der Waals surface area contributed by atoms with Gasteiger partial charge in [-0.25, -0.2) is 14.6 Å². The summed E-state index contributed by atoms with van der Waals surface area (Å²) in [5.41, 5.74) is 7.55. The molecule has 0 fully saturated rings. The molecule has 0 amide bonds. The molecule has 0 bridgehead atoms. The van der Waals surface area contributed by atoms with Crippen molar-refractivity contribution >= 4 is 5.82 Å². The summed E-state index contributed by atoms with van der Waals surface area (Å²) in [6, 6.07) is 0. The number of aryl methyl sites for hydroxylation is 1. The Kier molecular flexibility index (Phi) is 3.26. The largest absolute Gasteiger partial charge is 0.382 e. The van der Waals surface area contributed by atoms with Gasteiger partial charge in [0.15, 0.2) is 5.82 Å². The van der Waals surface area contributed by atoms with Gasteiger partial charge in [-0.05, 0) is 6.42 Å². The van der Waals surface area contributed by atoms with Gasteiger partial charge in [0, 0.05) is 12.0 Å². The number of anilines is 1. The van der Waals surface area contributed by atoms with Crippen molar-refractivity contribution in [3.8, 4) is 11.4 Å². The average Bonchev–Trinajstić information content (AvgIpc) is 2.86. The Labute approximate surface area is 113 Å². The van der Waals surface area contributed by atoms with Crippen molar-refractivity contribution in [1.29, 1.82) is 0 Å². The Hall–Kier alpha value is -1.98. The monoisotopic (exact) mass is 262 g/mol. The normalized spacial score (nSPS) is 12.0. The van der Waals surface area contributed by atoms with Crippen LogP contribution in [-0.4, -0.2) is 19.2 Å². The SMILES string of the molecule is CCCn1cncc1-c1nc(C(C)(C)C)n(N)c1N. The standard InChI is InChI=1S/C13H22N6/c1-5-6-18-8-16-7-9(18)10-11(14)19(15)12(17-10)13(2,3)4/h7-8H,5-6,14-15H2,1-4H3. The lowest BCUT2D eigenvalue weighted by Crippen LogP contribution is -2.24. The van der Waals surface area contributed by atoms with E-state index in [-0.39, 0.29) is 5.41 Å². The van der Waals surface area contributed by atoms with Gasteiger partial charge in [0.25, 0.3) is 0 Å². The van der Waals surface area contributed by atoms with Crippen molar-refractivity contribution in [1.82, 2.24) is 19.2 Å². The zero-order chi connectivity index (χ0) is 14.2. The quantitative estimate of drug-likeness (QED) is 0.825. The molecule has 6 heteroatoms. The molecule has 0 atom stereocenters. The number of nitrogens with zero attached hydrogens (tertiary/aromatic N) is 4. The molecule has 0 spiro atoms. The Morgan fingerprint density at radius 2 is 2.00 bits per heavy atom. The fourth-order valence-corrected chi connectivity index (χ4v) is 2.10. The molecule has 4 N–H and O–H groups in total. The summed E-state index contributed by atoms with van der Waals surface area (Å²) in [5, 5.41) is 0. The molecule has 2 aromatic rings. The third kappa shape index (κ3) is 2.30. The fraction of sp³-hybridized carbons (Fsp3) is 0.538. The van der Waals surface area contributed by atoms with Crippen LogP contribution in [0.15, 0.2) is 12.5 Å². The number of imidazole rings is 2. The molecule has 0 aromatic carbocycles. The minimum absolute atomic E-state index is 0.156. The number of nitrogens with two attached hydrogens (primary N) is 2. The molecule has 104 valence electrons. The summed E-state index contributed by atoms with van der Waals surface area (Å²) in [6.45, 7) is 9.19. The molecule has 0 saturated heterocycles. The van der Waals surface area contributed by atoms with E-state index in [9.17, 15) is 0 Å². The van der Waals surface area contributed by atoms with E-state index in [0.29, 0.717) is 11.5 Å². The summed E-state index contributed by atoms with van der Waals surface area (Å²) < 4.78 is 3.52. The summed E-state index contributed by atoms with van der Waals surface area (Å²) >= 11 is 0. The van der Waals surface area contributed by atoms with Crippen LogP contribution in [0.25, 0.3) is 11.4 Å². The molecule has 19 heavy (non-hydrogen) atoms. The summed E-state index contributed by atoms with van der Waals surface area (Å²) in [4.78, 5) is 8.79. The summed E-state index contributed by atoms with van der Waals surface area (Å²) in [7, 11) is 0. The molecule has 0 unspecified atom stereocenters. The van der Waals surface area contributed by atoms with Crippen LogP contribution in [0.2, 0.25) is 0 Å². The maximum atomic E-state index is 6.09. The molecule has 0 aliphatic carbocycles. The van der Waals surface area contributed by atoms with Gasteiger partial charge in [-0.1, -0.05) is 27.7 Å². The molecule has 0 aliphatic rings. The van der Waals surface area contributed by atoms with E-state index in [1.54, 1.807) is 12.5 Å². The van der Waals surface area contributed by atoms with Gasteiger partial charge in [0.2, 0.25) is 0 Å². The molecule has 2 rings (SSSR count). The third-order valence-electron chi connectivity index (χ3n) is 3.04. The minimum Gasteiger partial charge on any atom is -0.382 e. The molecule has 2 aromatic heterocycles. The Balaban J connectivity index is 2.54. The van der Waals surface area contributed by atoms with Crippen LogP contribution in [0.5, 0.6) is 0 Å². The highest BCUT2D eigenvalue weighted by Gasteiger charge is 2.25. The van der Waals surface area contributed by atoms with Crippen molar-refractivity contribution < 1.29 is 0 Å². The molecule has 0 saturated carbocycles. The second-order valence-electron chi connectivity index (χ2n) is 5.76. The topological polar surface area (TPSA) is 87.7 Å². The fourth-order valence-electron chi connectivity index (χ4n) is 2.10. The van der Waals surface area contributed by atoms with E-state index in [4.69, 9.17) is 11.6 Å². The van der Waals surface area contributed by atoms with Gasteiger partial charge in [0.1, 0.15) is 11.5 Å². The number of aromatic nitrogens is 4. The minimum atomic E-state index is -0.156. The van der Waals surface area contributed by atoms with Crippen LogP contribution in [-0.2, 0) is 12.0 Å². The lowest BCUT2D eigenvalue weighted by atomic mass is 9.96. The molecule has 0 aliphatic heterocycles. The molecule has 6 nitrogen and oxygen atoms in total. The Morgan fingerprint density at radius 1 is 1.32 bits per heavy atom. The van der Waals surface area contributed by atoms with Gasteiger partial charge in [-0.2, -0.15) is 0 Å². The van der Waals surface area contributed by atoms with E-state index in [1.165, 1.54) is 4.68 Å². The second-order valence-corrected chi connectivity index (χ2v) is 5.76. The number of nitrogen functional groups attached to an aromatic ring is 2. The van der Waals surface area contributed by atoms with E-state index in [1.807, 2.05) is 4.57 Å². The van der Waals surface area contributed by atoms with Crippen molar-refractivity contribution in [2.24, 2.45) is 0 Å². The van der Waals surface area contributed by atoms with Gasteiger partial charge in [-0.3, -0.25) is 0 Å². The van der Waals surface area contributed by atoms with E-state index >= 15 is 0 Å². The number of rotatable bonds is 3. The maximum Gasteiger partial charge on any atom is 0.152 e. The van der Waals surface area contributed by atoms with Crippen molar-refractivity contribution in [2.45, 2.75) is 46.1 Å². The lowest BCUT2D eigenvalue weighted by Gasteiger charge is -2.17. The van der Waals surface area contributed by atoms with Gasteiger partial charge >= 0.3 is 0 Å². The van der Waals surface area contributed by atoms with Crippen molar-refractivity contribution in [3.05, 3.63) is 18.3 Å². The molecule has 2 heterocycles. The highest BCUT2D eigenvalue weighted by atomic mass is 15.4. The van der Waals surface area contributed by atoms with Crippen LogP contribution in [0.4, 0.5) is 5.82 Å². The number of hydrogen-bond acceptors (Lipinski definition) is 4. The molecular weight excluding hydrogens is 240 g/mol. The lowest BCUT2D eigenvalue weighted by molar-refractivity contribution is 0.532. The number of hydrogen-bond donors (Lipinski definition) is 2. The van der Waals surface area contributed by atoms with E-state index < -0.39 is 0 Å². The van der Waals surface area contributed by atoms with Gasteiger partial charge in [-0.15, -0.1) is 0 Å². The van der Waals surface area contributed by atoms with Crippen LogP contribution in [0, 0.1) is 0 Å². The Morgan fingerprint density at radius 3 is 2.53 bits per heavy atom. The predicted molar refractivity (Wildman–Crippen MR) is 77.0 cm³/mol. The van der Waals surface area contributed by atoms with Gasteiger partial charge < -0.3 is 16.1 Å². The van der Waals surface area contributed by atoms with E-state index in [0.717, 1.165) is 24.5 Å². The first-order valence-electron chi connectivity index (χ1n) is 6.50. The Bertz CT molecular complexity index is 572. The average molecular weight is 262 g/mol. The maximum absolute atomic E-state index is 6.09. The van der Waals surface area contributed by atoms with Gasteiger partial charge in [0.05, 0.1) is 18.2 Å². The zero-order valence-corrected chi connectivity index (χ0v) is 12.0. The first-order chi connectivity index (χ1) is 8.86. The molecular formula is C13H22N6. The predicted octanol–water partition coefficient (Wildman–Crippen LogP) is 1.75. The van der Waals surface area contributed by atoms with Crippen LogP contribution < -0.4 is 11.6 Å². The smallest absolute Gasteiger partial charge is 0.152 e. The van der Waals surface area contributed by atoms with Crippen LogP contribution in [0.3, 0.4) is 0 Å². The van der Waals surface area contributed by atoms with Crippen LogP contribution in [0.1, 0.15) is 39.9 Å². The first kappa shape index (κ1) is 13.5. The van der Waals surface area contributed by atoms with E-state index in [2.05, 4.69) is 37.7 Å². The highest BCUT2D eigenvalue weighted by Crippen LogP contribution is 2.30. The highest BCUT2D eigenvalue weighted by molar-refractivity contribution is 5.68. The van der Waals surface area contributed by atoms with Crippen LogP contribution >= 0.6 is 0 Å². The zero-order valence-electron chi connectivity index (χ0n) is 12.0. The van der Waals surface area contributed by atoms with Crippen molar-refractivity contribution in [3.63, 3.8) is 0 Å².